The lowest BCUT2D eigenvalue weighted by atomic mass is 9.97. The minimum Gasteiger partial charge on any atom is -0.618 e. The van der Waals surface area contributed by atoms with E-state index in [-0.39, 0.29) is 12.2 Å². The van der Waals surface area contributed by atoms with Gasteiger partial charge in [0.25, 0.3) is 5.69 Å². The van der Waals surface area contributed by atoms with Crippen LogP contribution < -0.4 is 10.0 Å². The van der Waals surface area contributed by atoms with Gasteiger partial charge in [0.2, 0.25) is 0 Å². The minimum atomic E-state index is -0.905. The van der Waals surface area contributed by atoms with E-state index in [1.165, 1.54) is 12.3 Å². The lowest BCUT2D eigenvalue weighted by Gasteiger charge is -2.24. The van der Waals surface area contributed by atoms with E-state index in [0.717, 1.165) is 0 Å². The van der Waals surface area contributed by atoms with E-state index in [9.17, 15) is 15.1 Å². The standard InChI is InChI=1S/C12H18N2O3/c1-3-12(16,4-2)9-13-11(15)10-7-5-6-8-14(10)17/h5-8,16H,3-4,9H2,1-2H3,(H,13,15). The molecule has 0 aliphatic heterocycles. The van der Waals surface area contributed by atoms with Crippen molar-refractivity contribution in [3.63, 3.8) is 0 Å². The average molecular weight is 238 g/mol. The van der Waals surface area contributed by atoms with Gasteiger partial charge in [0.1, 0.15) is 0 Å². The highest BCUT2D eigenvalue weighted by molar-refractivity contribution is 5.90. The van der Waals surface area contributed by atoms with Crippen LogP contribution in [0, 0.1) is 5.21 Å². The normalized spacial score (nSPS) is 11.2. The predicted molar refractivity (Wildman–Crippen MR) is 63.3 cm³/mol. The summed E-state index contributed by atoms with van der Waals surface area (Å²) in [5.74, 6) is -0.471. The highest BCUT2D eigenvalue weighted by atomic mass is 16.5. The van der Waals surface area contributed by atoms with E-state index < -0.39 is 11.5 Å². The monoisotopic (exact) mass is 238 g/mol. The molecule has 1 amide bonds. The zero-order valence-electron chi connectivity index (χ0n) is 10.1. The molecule has 0 saturated heterocycles. The van der Waals surface area contributed by atoms with Gasteiger partial charge in [-0.1, -0.05) is 13.8 Å². The summed E-state index contributed by atoms with van der Waals surface area (Å²) in [6.07, 6.45) is 2.37. The molecule has 0 bridgehead atoms. The summed E-state index contributed by atoms with van der Waals surface area (Å²) in [5, 5.41) is 23.9. The Bertz CT molecular complexity index is 389. The van der Waals surface area contributed by atoms with Crippen LogP contribution in [0.1, 0.15) is 37.2 Å². The summed E-state index contributed by atoms with van der Waals surface area (Å²) in [5.41, 5.74) is -0.875. The van der Waals surface area contributed by atoms with E-state index in [1.54, 1.807) is 12.1 Å². The van der Waals surface area contributed by atoms with E-state index in [2.05, 4.69) is 5.32 Å². The molecule has 1 aromatic heterocycles. The average Bonchev–Trinajstić information content (AvgIpc) is 2.36. The quantitative estimate of drug-likeness (QED) is 0.582. The minimum absolute atomic E-state index is 0.0297. The van der Waals surface area contributed by atoms with Gasteiger partial charge in [-0.25, -0.2) is 0 Å². The van der Waals surface area contributed by atoms with E-state index in [0.29, 0.717) is 17.6 Å². The first-order valence-corrected chi connectivity index (χ1v) is 5.71. The molecular weight excluding hydrogens is 220 g/mol. The molecule has 1 aromatic rings. The zero-order chi connectivity index (χ0) is 12.9. The Balaban J connectivity index is 2.65. The molecule has 0 atom stereocenters. The molecule has 0 spiro atoms. The van der Waals surface area contributed by atoms with Crippen molar-refractivity contribution in [3.05, 3.63) is 35.3 Å². The Hall–Kier alpha value is -1.62. The van der Waals surface area contributed by atoms with Crippen molar-refractivity contribution in [2.24, 2.45) is 0 Å². The number of hydrogen-bond acceptors (Lipinski definition) is 3. The van der Waals surface area contributed by atoms with Gasteiger partial charge in [-0.2, -0.15) is 4.73 Å². The molecule has 17 heavy (non-hydrogen) atoms. The predicted octanol–water partition coefficient (Wildman–Crippen LogP) is 0.601. The highest BCUT2D eigenvalue weighted by Gasteiger charge is 2.24. The third kappa shape index (κ3) is 3.42. The number of amides is 1. The molecule has 0 radical (unpaired) electrons. The summed E-state index contributed by atoms with van der Waals surface area (Å²) < 4.78 is 0.506. The SMILES string of the molecule is CCC(O)(CC)CNC(=O)c1cccc[n+]1[O-]. The molecule has 0 aliphatic carbocycles. The topological polar surface area (TPSA) is 76.3 Å². The summed E-state index contributed by atoms with van der Waals surface area (Å²) >= 11 is 0. The van der Waals surface area contributed by atoms with Crippen LogP contribution in [0.5, 0.6) is 0 Å². The maximum atomic E-state index is 11.7. The second-order valence-corrected chi connectivity index (χ2v) is 4.03. The Morgan fingerprint density at radius 1 is 1.47 bits per heavy atom. The number of rotatable bonds is 5. The maximum Gasteiger partial charge on any atom is 0.317 e. The van der Waals surface area contributed by atoms with E-state index in [4.69, 9.17) is 0 Å². The number of aromatic nitrogens is 1. The number of nitrogens with zero attached hydrogens (tertiary/aromatic N) is 1. The van der Waals surface area contributed by atoms with Crippen LogP contribution in [0.3, 0.4) is 0 Å². The van der Waals surface area contributed by atoms with Crippen molar-refractivity contribution < 1.29 is 14.6 Å². The maximum absolute atomic E-state index is 11.7. The summed E-state index contributed by atoms with van der Waals surface area (Å²) in [6, 6.07) is 4.62. The first kappa shape index (κ1) is 13.4. The smallest absolute Gasteiger partial charge is 0.317 e. The molecule has 1 heterocycles. The van der Waals surface area contributed by atoms with Crippen molar-refractivity contribution in [1.29, 1.82) is 0 Å². The summed E-state index contributed by atoms with van der Waals surface area (Å²) in [6.45, 7) is 3.85. The van der Waals surface area contributed by atoms with Crippen molar-refractivity contribution in [2.75, 3.05) is 6.54 Å². The molecule has 0 unspecified atom stereocenters. The molecule has 0 fully saturated rings. The zero-order valence-corrected chi connectivity index (χ0v) is 10.1. The van der Waals surface area contributed by atoms with Gasteiger partial charge in [0.15, 0.2) is 6.20 Å². The van der Waals surface area contributed by atoms with Crippen LogP contribution in [0.15, 0.2) is 24.4 Å². The van der Waals surface area contributed by atoms with E-state index >= 15 is 0 Å². The second-order valence-electron chi connectivity index (χ2n) is 4.03. The Morgan fingerprint density at radius 3 is 2.65 bits per heavy atom. The lowest BCUT2D eigenvalue weighted by molar-refractivity contribution is -0.607. The van der Waals surface area contributed by atoms with Gasteiger partial charge < -0.3 is 15.6 Å². The van der Waals surface area contributed by atoms with Gasteiger partial charge in [0, 0.05) is 18.7 Å². The van der Waals surface area contributed by atoms with Crippen LogP contribution in [0.4, 0.5) is 0 Å². The molecule has 0 aliphatic rings. The third-order valence-electron chi connectivity index (χ3n) is 2.95. The summed E-state index contributed by atoms with van der Waals surface area (Å²) in [7, 11) is 0. The Morgan fingerprint density at radius 2 is 2.12 bits per heavy atom. The van der Waals surface area contributed by atoms with E-state index in [1.807, 2.05) is 13.8 Å². The Labute approximate surface area is 101 Å². The third-order valence-corrected chi connectivity index (χ3v) is 2.95. The van der Waals surface area contributed by atoms with Gasteiger partial charge in [-0.05, 0) is 18.9 Å². The number of nitrogens with one attached hydrogen (secondary N) is 1. The number of aliphatic hydroxyl groups is 1. The second kappa shape index (κ2) is 5.63. The summed E-state index contributed by atoms with van der Waals surface area (Å²) in [4.78, 5) is 11.7. The molecule has 5 nitrogen and oxygen atoms in total. The van der Waals surface area contributed by atoms with Gasteiger partial charge in [-0.15, -0.1) is 0 Å². The van der Waals surface area contributed by atoms with Gasteiger partial charge in [-0.3, -0.25) is 4.79 Å². The van der Waals surface area contributed by atoms with Crippen molar-refractivity contribution in [3.8, 4) is 0 Å². The fraction of sp³-hybridized carbons (Fsp3) is 0.500. The molecule has 1 rings (SSSR count). The largest absolute Gasteiger partial charge is 0.618 e. The number of hydrogen-bond donors (Lipinski definition) is 2. The van der Waals surface area contributed by atoms with Crippen LogP contribution >= 0.6 is 0 Å². The van der Waals surface area contributed by atoms with Gasteiger partial charge in [0.05, 0.1) is 5.60 Å². The molecule has 5 heteroatoms. The number of carbonyl (C=O) groups is 1. The Kier molecular flexibility index (Phi) is 4.45. The first-order chi connectivity index (χ1) is 8.02. The van der Waals surface area contributed by atoms with Crippen molar-refractivity contribution in [2.45, 2.75) is 32.3 Å². The van der Waals surface area contributed by atoms with Gasteiger partial charge >= 0.3 is 5.91 Å². The van der Waals surface area contributed by atoms with Crippen LogP contribution in [-0.4, -0.2) is 23.2 Å². The molecular formula is C12H18N2O3. The fourth-order valence-corrected chi connectivity index (χ4v) is 1.44. The molecule has 94 valence electrons. The van der Waals surface area contributed by atoms with Crippen LogP contribution in [0.25, 0.3) is 0 Å². The lowest BCUT2D eigenvalue weighted by Crippen LogP contribution is -2.45. The van der Waals surface area contributed by atoms with Crippen molar-refractivity contribution >= 4 is 5.91 Å². The highest BCUT2D eigenvalue weighted by Crippen LogP contribution is 2.12. The number of carbonyl (C=O) groups excluding carboxylic acids is 1. The van der Waals surface area contributed by atoms with Crippen molar-refractivity contribution in [1.82, 2.24) is 5.32 Å². The first-order valence-electron chi connectivity index (χ1n) is 5.71. The number of pyridine rings is 1. The molecule has 2 N–H and O–H groups in total. The fourth-order valence-electron chi connectivity index (χ4n) is 1.44. The molecule has 0 aromatic carbocycles. The van der Waals surface area contributed by atoms with Crippen LogP contribution in [-0.2, 0) is 0 Å². The molecule has 0 saturated carbocycles. The van der Waals surface area contributed by atoms with Crippen LogP contribution in [0.2, 0.25) is 0 Å².